The second-order valence-corrected chi connectivity index (χ2v) is 3.78. The number of Topliss-reactive ketones (excluding diaryl/α,β-unsaturated/α-hetero) is 1. The van der Waals surface area contributed by atoms with Gasteiger partial charge in [-0.15, -0.1) is 0 Å². The Hall–Kier alpha value is -0.980. The van der Waals surface area contributed by atoms with Crippen molar-refractivity contribution in [1.29, 1.82) is 0 Å². The molecule has 0 saturated carbocycles. The molecule has 17 heavy (non-hydrogen) atoms. The van der Waals surface area contributed by atoms with Gasteiger partial charge in [0.05, 0.1) is 0 Å². The van der Waals surface area contributed by atoms with E-state index in [1.54, 1.807) is 6.92 Å². The maximum atomic E-state index is 12.8. The first-order valence-electron chi connectivity index (χ1n) is 4.87. The van der Waals surface area contributed by atoms with E-state index < -0.39 is 23.5 Å². The largest absolute Gasteiger partial charge is 0.461 e. The summed E-state index contributed by atoms with van der Waals surface area (Å²) < 4.78 is 61.7. The normalized spacial score (nSPS) is 14.3. The number of carbonyl (C=O) groups excluding carboxylic acids is 1. The molecule has 0 heterocycles. The van der Waals surface area contributed by atoms with Crippen molar-refractivity contribution in [2.75, 3.05) is 20.6 Å². The van der Waals surface area contributed by atoms with E-state index in [-0.39, 0.29) is 13.0 Å². The summed E-state index contributed by atoms with van der Waals surface area (Å²) in [5, 5.41) is 0. The molecule has 0 amide bonds. The first-order valence-corrected chi connectivity index (χ1v) is 4.87. The minimum atomic E-state index is -5.86. The lowest BCUT2D eigenvalue weighted by atomic mass is 10.0. The summed E-state index contributed by atoms with van der Waals surface area (Å²) in [6, 6.07) is 0. The number of allylic oxidation sites excluding steroid dienone is 1. The Bertz CT molecular complexity index is 306. The zero-order chi connectivity index (χ0) is 13.9. The van der Waals surface area contributed by atoms with Crippen LogP contribution in [-0.4, -0.2) is 43.4 Å². The molecule has 2 nitrogen and oxygen atoms in total. The molecule has 0 aromatic rings. The van der Waals surface area contributed by atoms with Crippen molar-refractivity contribution in [3.8, 4) is 0 Å². The third-order valence-corrected chi connectivity index (χ3v) is 1.87. The zero-order valence-electron chi connectivity index (χ0n) is 9.74. The summed E-state index contributed by atoms with van der Waals surface area (Å²) in [7, 11) is 2.95. The van der Waals surface area contributed by atoms with E-state index in [9.17, 15) is 26.7 Å². The zero-order valence-corrected chi connectivity index (χ0v) is 9.74. The number of hydrogen-bond acceptors (Lipinski definition) is 2. The van der Waals surface area contributed by atoms with Gasteiger partial charge in [0.2, 0.25) is 5.78 Å². The highest BCUT2D eigenvalue weighted by Crippen LogP contribution is 2.37. The van der Waals surface area contributed by atoms with E-state index in [0.29, 0.717) is 0 Å². The van der Waals surface area contributed by atoms with Crippen LogP contribution in [0.15, 0.2) is 11.6 Å². The number of nitrogens with zero attached hydrogens (tertiary/aromatic N) is 1. The standard InChI is InChI=1S/C10H14F5NO/c1-4-5-7(6-16(2)3)8(17)9(11,12)10(13,14)15/h5H,4,6H2,1-3H3/b7-5-. The Morgan fingerprint density at radius 3 is 1.94 bits per heavy atom. The van der Waals surface area contributed by atoms with E-state index in [1.807, 2.05) is 0 Å². The minimum absolute atomic E-state index is 0.211. The van der Waals surface area contributed by atoms with Crippen molar-refractivity contribution in [2.45, 2.75) is 25.4 Å². The molecule has 0 fully saturated rings. The molecule has 0 aliphatic heterocycles. The summed E-state index contributed by atoms with van der Waals surface area (Å²) in [6.07, 6.45) is -4.56. The lowest BCUT2D eigenvalue weighted by Crippen LogP contribution is -2.46. The van der Waals surface area contributed by atoms with Crippen LogP contribution < -0.4 is 0 Å². The van der Waals surface area contributed by atoms with Gasteiger partial charge in [0.15, 0.2) is 0 Å². The van der Waals surface area contributed by atoms with Crippen molar-refractivity contribution < 1.29 is 26.7 Å². The van der Waals surface area contributed by atoms with Crippen LogP contribution in [0, 0.1) is 0 Å². The molecule has 0 spiro atoms. The Morgan fingerprint density at radius 1 is 1.18 bits per heavy atom. The monoisotopic (exact) mass is 259 g/mol. The molecule has 0 aliphatic rings. The summed E-state index contributed by atoms with van der Waals surface area (Å²) in [6.45, 7) is 1.30. The molecule has 100 valence electrons. The summed E-state index contributed by atoms with van der Waals surface area (Å²) in [4.78, 5) is 12.5. The van der Waals surface area contributed by atoms with Crippen LogP contribution in [0.4, 0.5) is 22.0 Å². The summed E-state index contributed by atoms with van der Waals surface area (Å²) >= 11 is 0. The van der Waals surface area contributed by atoms with Crippen LogP contribution >= 0.6 is 0 Å². The molecule has 0 rings (SSSR count). The molecule has 0 aromatic heterocycles. The number of hydrogen-bond donors (Lipinski definition) is 0. The first kappa shape index (κ1) is 16.0. The van der Waals surface area contributed by atoms with Gasteiger partial charge in [0, 0.05) is 12.1 Å². The number of alkyl halides is 5. The fraction of sp³-hybridized carbons (Fsp3) is 0.700. The van der Waals surface area contributed by atoms with Gasteiger partial charge < -0.3 is 4.90 Å². The Kier molecular flexibility index (Phi) is 5.25. The Labute approximate surface area is 96.1 Å². The van der Waals surface area contributed by atoms with E-state index in [2.05, 4.69) is 0 Å². The van der Waals surface area contributed by atoms with Crippen molar-refractivity contribution >= 4 is 5.78 Å². The number of carbonyl (C=O) groups is 1. The number of ketones is 1. The highest BCUT2D eigenvalue weighted by atomic mass is 19.4. The average Bonchev–Trinajstić information content (AvgIpc) is 2.13. The van der Waals surface area contributed by atoms with Gasteiger partial charge in [-0.05, 0) is 20.5 Å². The Morgan fingerprint density at radius 2 is 1.65 bits per heavy atom. The molecule has 0 aliphatic carbocycles. The molecule has 0 radical (unpaired) electrons. The van der Waals surface area contributed by atoms with Crippen molar-refractivity contribution in [3.05, 3.63) is 11.6 Å². The highest BCUT2D eigenvalue weighted by Gasteiger charge is 2.63. The third kappa shape index (κ3) is 4.07. The number of rotatable bonds is 5. The van der Waals surface area contributed by atoms with Crippen molar-refractivity contribution in [2.24, 2.45) is 0 Å². The SMILES string of the molecule is CC/C=C(/CN(C)C)C(=O)C(F)(F)C(F)(F)F. The van der Waals surface area contributed by atoms with Gasteiger partial charge in [0.25, 0.3) is 0 Å². The van der Waals surface area contributed by atoms with Crippen LogP contribution in [0.1, 0.15) is 13.3 Å². The average molecular weight is 259 g/mol. The minimum Gasteiger partial charge on any atom is -0.305 e. The van der Waals surface area contributed by atoms with Crippen LogP contribution in [0.2, 0.25) is 0 Å². The van der Waals surface area contributed by atoms with Crippen molar-refractivity contribution in [1.82, 2.24) is 4.90 Å². The van der Waals surface area contributed by atoms with Gasteiger partial charge in [-0.3, -0.25) is 4.79 Å². The quantitative estimate of drug-likeness (QED) is 0.559. The van der Waals surface area contributed by atoms with Crippen LogP contribution in [-0.2, 0) is 4.79 Å². The fourth-order valence-corrected chi connectivity index (χ4v) is 1.15. The topological polar surface area (TPSA) is 20.3 Å². The highest BCUT2D eigenvalue weighted by molar-refractivity contribution is 6.01. The van der Waals surface area contributed by atoms with Gasteiger partial charge >= 0.3 is 12.1 Å². The molecule has 0 saturated heterocycles. The molecule has 0 unspecified atom stereocenters. The lowest BCUT2D eigenvalue weighted by Gasteiger charge is -2.21. The summed E-state index contributed by atoms with van der Waals surface area (Å²) in [5.41, 5.74) is -0.528. The predicted molar refractivity (Wildman–Crippen MR) is 52.9 cm³/mol. The first-order chi connectivity index (χ1) is 7.54. The lowest BCUT2D eigenvalue weighted by molar-refractivity contribution is -0.267. The van der Waals surface area contributed by atoms with E-state index >= 15 is 0 Å². The maximum Gasteiger partial charge on any atom is 0.461 e. The van der Waals surface area contributed by atoms with Gasteiger partial charge in [-0.25, -0.2) is 0 Å². The Balaban J connectivity index is 5.17. The van der Waals surface area contributed by atoms with E-state index in [1.165, 1.54) is 19.0 Å². The third-order valence-electron chi connectivity index (χ3n) is 1.87. The van der Waals surface area contributed by atoms with Gasteiger partial charge in [-0.1, -0.05) is 13.0 Å². The predicted octanol–water partition coefficient (Wildman–Crippen LogP) is 2.65. The van der Waals surface area contributed by atoms with Gasteiger partial charge in [0.1, 0.15) is 0 Å². The molecular weight excluding hydrogens is 245 g/mol. The molecular formula is C10H14F5NO. The van der Waals surface area contributed by atoms with Crippen LogP contribution in [0.5, 0.6) is 0 Å². The smallest absolute Gasteiger partial charge is 0.305 e. The molecule has 7 heteroatoms. The van der Waals surface area contributed by atoms with E-state index in [0.717, 1.165) is 6.08 Å². The van der Waals surface area contributed by atoms with Crippen LogP contribution in [0.25, 0.3) is 0 Å². The van der Waals surface area contributed by atoms with Crippen molar-refractivity contribution in [3.63, 3.8) is 0 Å². The second kappa shape index (κ2) is 5.57. The van der Waals surface area contributed by atoms with Gasteiger partial charge in [-0.2, -0.15) is 22.0 Å². The molecule has 0 N–H and O–H groups in total. The molecule has 0 aromatic carbocycles. The number of halogens is 5. The fourth-order valence-electron chi connectivity index (χ4n) is 1.15. The van der Waals surface area contributed by atoms with E-state index in [4.69, 9.17) is 0 Å². The number of likely N-dealkylation sites (N-methyl/N-ethyl adjacent to an activating group) is 1. The maximum absolute atomic E-state index is 12.8. The second-order valence-electron chi connectivity index (χ2n) is 3.78. The molecule has 0 atom stereocenters. The van der Waals surface area contributed by atoms with Crippen LogP contribution in [0.3, 0.4) is 0 Å². The summed E-state index contributed by atoms with van der Waals surface area (Å²) in [5.74, 6) is -7.51. The molecule has 0 bridgehead atoms.